The molecule has 1 N–H and O–H groups in total. The number of hydrogen-bond donors (Lipinski definition) is 1. The Labute approximate surface area is 130 Å². The zero-order valence-electron chi connectivity index (χ0n) is 13.1. The number of nitrogens with one attached hydrogen (secondary N) is 1. The first kappa shape index (κ1) is 17.5. The van der Waals surface area contributed by atoms with Gasteiger partial charge in [-0.2, -0.15) is 0 Å². The number of ether oxygens (including phenoxy) is 1. The van der Waals surface area contributed by atoms with E-state index in [1.165, 1.54) is 6.92 Å². The van der Waals surface area contributed by atoms with Crippen LogP contribution in [-0.4, -0.2) is 17.5 Å². The number of amides is 1. The lowest BCUT2D eigenvalue weighted by molar-refractivity contribution is -0.121. The maximum absolute atomic E-state index is 12.0. The van der Waals surface area contributed by atoms with Crippen LogP contribution in [0.5, 0.6) is 0 Å². The Hall–Kier alpha value is -1.55. The van der Waals surface area contributed by atoms with Gasteiger partial charge in [0.15, 0.2) is 0 Å². The van der Waals surface area contributed by atoms with Gasteiger partial charge >= 0.3 is 6.09 Å². The van der Waals surface area contributed by atoms with Crippen LogP contribution in [0, 0.1) is 5.92 Å². The van der Waals surface area contributed by atoms with Crippen LogP contribution < -0.4 is 5.32 Å². The number of halogens is 1. The molecule has 0 aliphatic carbocycles. The summed E-state index contributed by atoms with van der Waals surface area (Å²) in [4.78, 5) is 23.6. The number of rotatable bonds is 4. The molecule has 0 bridgehead atoms. The Kier molecular flexibility index (Phi) is 5.78. The van der Waals surface area contributed by atoms with E-state index in [0.29, 0.717) is 5.02 Å². The first-order chi connectivity index (χ1) is 9.60. The van der Waals surface area contributed by atoms with Crippen LogP contribution in [0.25, 0.3) is 0 Å². The molecule has 21 heavy (non-hydrogen) atoms. The van der Waals surface area contributed by atoms with Gasteiger partial charge in [-0.15, -0.1) is 0 Å². The molecule has 2 atom stereocenters. The molecule has 0 saturated heterocycles. The molecule has 0 aliphatic rings. The molecule has 0 aromatic heterocycles. The summed E-state index contributed by atoms with van der Waals surface area (Å²) >= 11 is 5.87. The van der Waals surface area contributed by atoms with Gasteiger partial charge in [-0.25, -0.2) is 4.79 Å². The van der Waals surface area contributed by atoms with Crippen LogP contribution in [0.2, 0.25) is 5.02 Å². The van der Waals surface area contributed by atoms with Crippen molar-refractivity contribution >= 4 is 23.5 Å². The Balaban J connectivity index is 2.95. The Morgan fingerprint density at radius 3 is 2.14 bits per heavy atom. The number of Topliss-reactive ketones (excluding diaryl/α,β-unsaturated/α-hetero) is 1. The summed E-state index contributed by atoms with van der Waals surface area (Å²) in [7, 11) is 0. The Bertz CT molecular complexity index is 505. The summed E-state index contributed by atoms with van der Waals surface area (Å²) in [6.07, 6.45) is -0.546. The van der Waals surface area contributed by atoms with Gasteiger partial charge in [0.1, 0.15) is 11.4 Å². The van der Waals surface area contributed by atoms with Gasteiger partial charge in [-0.1, -0.05) is 30.7 Å². The molecule has 0 saturated carbocycles. The van der Waals surface area contributed by atoms with Crippen LogP contribution in [0.3, 0.4) is 0 Å². The standard InChI is InChI=1S/C16H22ClNO3/c1-10(11(2)19)14(12-6-8-13(17)9-7-12)18-15(20)21-16(3,4)5/h6-10,14H,1-5H3,(H,18,20)/t10-,14?/m1/s1. The number of ketones is 1. The van der Waals surface area contributed by atoms with Crippen molar-refractivity contribution in [3.63, 3.8) is 0 Å². The smallest absolute Gasteiger partial charge is 0.408 e. The van der Waals surface area contributed by atoms with E-state index in [2.05, 4.69) is 5.32 Å². The van der Waals surface area contributed by atoms with Crippen molar-refractivity contribution in [1.29, 1.82) is 0 Å². The van der Waals surface area contributed by atoms with Gasteiger partial charge < -0.3 is 10.1 Å². The zero-order chi connectivity index (χ0) is 16.2. The Morgan fingerprint density at radius 2 is 1.71 bits per heavy atom. The van der Waals surface area contributed by atoms with Gasteiger partial charge in [-0.3, -0.25) is 4.79 Å². The topological polar surface area (TPSA) is 55.4 Å². The summed E-state index contributed by atoms with van der Waals surface area (Å²) in [6.45, 7) is 8.65. The van der Waals surface area contributed by atoms with Gasteiger partial charge in [0.05, 0.1) is 6.04 Å². The molecule has 116 valence electrons. The highest BCUT2D eigenvalue weighted by atomic mass is 35.5. The molecule has 0 fully saturated rings. The van der Waals surface area contributed by atoms with E-state index in [1.54, 1.807) is 52.0 Å². The van der Waals surface area contributed by atoms with Crippen molar-refractivity contribution < 1.29 is 14.3 Å². The van der Waals surface area contributed by atoms with E-state index in [4.69, 9.17) is 16.3 Å². The monoisotopic (exact) mass is 311 g/mol. The SMILES string of the molecule is CC(=O)[C@@H](C)C(NC(=O)OC(C)(C)C)c1ccc(Cl)cc1. The van der Waals surface area contributed by atoms with E-state index in [0.717, 1.165) is 5.56 Å². The molecule has 0 aliphatic heterocycles. The first-order valence-electron chi connectivity index (χ1n) is 6.85. The van der Waals surface area contributed by atoms with Crippen molar-refractivity contribution in [1.82, 2.24) is 5.32 Å². The van der Waals surface area contributed by atoms with Crippen LogP contribution in [0.1, 0.15) is 46.2 Å². The highest BCUT2D eigenvalue weighted by Crippen LogP contribution is 2.25. The number of alkyl carbamates (subject to hydrolysis) is 1. The van der Waals surface area contributed by atoms with Crippen molar-refractivity contribution in [3.05, 3.63) is 34.9 Å². The van der Waals surface area contributed by atoms with E-state index in [-0.39, 0.29) is 11.7 Å². The van der Waals surface area contributed by atoms with Gasteiger partial charge in [0.25, 0.3) is 0 Å². The second-order valence-electron chi connectivity index (χ2n) is 6.07. The van der Waals surface area contributed by atoms with Crippen LogP contribution in [-0.2, 0) is 9.53 Å². The zero-order valence-corrected chi connectivity index (χ0v) is 13.8. The molecule has 1 aromatic carbocycles. The largest absolute Gasteiger partial charge is 0.444 e. The fourth-order valence-corrected chi connectivity index (χ4v) is 1.96. The van der Waals surface area contributed by atoms with Crippen LogP contribution in [0.4, 0.5) is 4.79 Å². The molecule has 0 heterocycles. The number of carbonyl (C=O) groups is 2. The van der Waals surface area contributed by atoms with E-state index in [1.807, 2.05) is 0 Å². The highest BCUT2D eigenvalue weighted by molar-refractivity contribution is 6.30. The van der Waals surface area contributed by atoms with Gasteiger partial charge in [0, 0.05) is 10.9 Å². The molecule has 1 unspecified atom stereocenters. The van der Waals surface area contributed by atoms with Gasteiger partial charge in [-0.05, 0) is 45.4 Å². The van der Waals surface area contributed by atoms with Crippen molar-refractivity contribution in [2.45, 2.75) is 46.3 Å². The van der Waals surface area contributed by atoms with Crippen LogP contribution >= 0.6 is 11.6 Å². The lowest BCUT2D eigenvalue weighted by Crippen LogP contribution is -2.38. The second kappa shape index (κ2) is 6.94. The predicted molar refractivity (Wildman–Crippen MR) is 83.4 cm³/mol. The molecule has 5 heteroatoms. The normalized spacial score (nSPS) is 14.2. The van der Waals surface area contributed by atoms with E-state index in [9.17, 15) is 9.59 Å². The maximum Gasteiger partial charge on any atom is 0.408 e. The third-order valence-corrected chi connectivity index (χ3v) is 3.29. The molecule has 0 radical (unpaired) electrons. The average Bonchev–Trinajstić information content (AvgIpc) is 2.34. The van der Waals surface area contributed by atoms with Crippen molar-refractivity contribution in [3.8, 4) is 0 Å². The molecule has 0 spiro atoms. The quantitative estimate of drug-likeness (QED) is 0.909. The summed E-state index contributed by atoms with van der Waals surface area (Å²) in [5.74, 6) is -0.371. The fourth-order valence-electron chi connectivity index (χ4n) is 1.84. The van der Waals surface area contributed by atoms with Crippen molar-refractivity contribution in [2.24, 2.45) is 5.92 Å². The number of hydrogen-bond acceptors (Lipinski definition) is 3. The molecule has 1 amide bonds. The summed E-state index contributed by atoms with van der Waals surface area (Å²) < 4.78 is 5.26. The molecular weight excluding hydrogens is 290 g/mol. The van der Waals surface area contributed by atoms with E-state index < -0.39 is 17.7 Å². The lowest BCUT2D eigenvalue weighted by atomic mass is 9.92. The summed E-state index contributed by atoms with van der Waals surface area (Å²) in [5.41, 5.74) is 0.224. The average molecular weight is 312 g/mol. The number of carbonyl (C=O) groups excluding carboxylic acids is 2. The minimum Gasteiger partial charge on any atom is -0.444 e. The van der Waals surface area contributed by atoms with Crippen molar-refractivity contribution in [2.75, 3.05) is 0 Å². The van der Waals surface area contributed by atoms with Gasteiger partial charge in [0.2, 0.25) is 0 Å². The minimum absolute atomic E-state index is 0.00833. The lowest BCUT2D eigenvalue weighted by Gasteiger charge is -2.26. The number of benzene rings is 1. The minimum atomic E-state index is -0.589. The second-order valence-corrected chi connectivity index (χ2v) is 6.51. The summed E-state index contributed by atoms with van der Waals surface area (Å²) in [5, 5.41) is 3.37. The van der Waals surface area contributed by atoms with E-state index >= 15 is 0 Å². The van der Waals surface area contributed by atoms with Crippen LogP contribution in [0.15, 0.2) is 24.3 Å². The summed E-state index contributed by atoms with van der Waals surface area (Å²) in [6, 6.07) is 6.60. The molecular formula is C16H22ClNO3. The first-order valence-corrected chi connectivity index (χ1v) is 7.23. The predicted octanol–water partition coefficient (Wildman–Crippen LogP) is 4.13. The Morgan fingerprint density at radius 1 is 1.19 bits per heavy atom. The highest BCUT2D eigenvalue weighted by Gasteiger charge is 2.27. The maximum atomic E-state index is 12.0. The third kappa shape index (κ3) is 5.76. The fraction of sp³-hybridized carbons (Fsp3) is 0.500. The molecule has 1 aromatic rings. The molecule has 4 nitrogen and oxygen atoms in total. The third-order valence-electron chi connectivity index (χ3n) is 3.04. The molecule has 1 rings (SSSR count).